The van der Waals surface area contributed by atoms with Crippen molar-refractivity contribution >= 4 is 5.91 Å². The second kappa shape index (κ2) is 11.1. The molecule has 0 unspecified atom stereocenters. The summed E-state index contributed by atoms with van der Waals surface area (Å²) in [5, 5.41) is 2.54. The van der Waals surface area contributed by atoms with Gasteiger partial charge in [0, 0.05) is 6.54 Å². The molecular weight excluding hydrogens is 126 g/mol. The molecule has 60 valence electrons. The molecule has 0 heterocycles. The average Bonchev–Trinajstić information content (AvgIpc) is 1.90. The van der Waals surface area contributed by atoms with Crippen molar-refractivity contribution in [1.82, 2.24) is 5.32 Å². The topological polar surface area (TPSA) is 29.1 Å². The molecule has 1 N–H and O–H groups in total. The van der Waals surface area contributed by atoms with Gasteiger partial charge < -0.3 is 5.32 Å². The highest BCUT2D eigenvalue weighted by Crippen LogP contribution is 1.61. The Morgan fingerprint density at radius 1 is 1.50 bits per heavy atom. The van der Waals surface area contributed by atoms with E-state index < -0.39 is 0 Å². The van der Waals surface area contributed by atoms with E-state index in [4.69, 9.17) is 0 Å². The molecule has 10 heavy (non-hydrogen) atoms. The van der Waals surface area contributed by atoms with E-state index >= 15 is 0 Å². The molecule has 0 saturated heterocycles. The van der Waals surface area contributed by atoms with E-state index in [-0.39, 0.29) is 5.91 Å². The number of likely N-dealkylation sites (N-methyl/N-ethyl adjacent to an activating group) is 1. The van der Waals surface area contributed by atoms with Gasteiger partial charge in [0.25, 0.3) is 0 Å². The van der Waals surface area contributed by atoms with E-state index in [1.807, 2.05) is 6.92 Å². The van der Waals surface area contributed by atoms with Gasteiger partial charge in [-0.15, -0.1) is 0 Å². The van der Waals surface area contributed by atoms with Crippen LogP contribution in [0.5, 0.6) is 0 Å². The zero-order chi connectivity index (χ0) is 8.41. The minimum Gasteiger partial charge on any atom is -0.353 e. The quantitative estimate of drug-likeness (QED) is 0.586. The first-order valence-corrected chi connectivity index (χ1v) is 3.63. The lowest BCUT2D eigenvalue weighted by Gasteiger charge is -1.90. The Kier molecular flexibility index (Phi) is 13.2. The van der Waals surface area contributed by atoms with Gasteiger partial charge >= 0.3 is 0 Å². The molecule has 0 bridgehead atoms. The van der Waals surface area contributed by atoms with Crippen molar-refractivity contribution in [3.05, 3.63) is 12.7 Å². The molecule has 0 aliphatic carbocycles. The van der Waals surface area contributed by atoms with E-state index in [2.05, 4.69) is 25.7 Å². The van der Waals surface area contributed by atoms with Crippen LogP contribution < -0.4 is 5.32 Å². The van der Waals surface area contributed by atoms with Crippen molar-refractivity contribution in [3.8, 4) is 0 Å². The molecule has 0 aliphatic rings. The standard InChI is InChI=1S/C5H9NO.C3H8/c1-3-5(7)6-4-2;1-3-2/h3H,1,4H2,2H3,(H,6,7);3H2,1-2H3. The lowest BCUT2D eigenvalue weighted by Crippen LogP contribution is -2.19. The average molecular weight is 143 g/mol. The molecule has 2 heteroatoms. The van der Waals surface area contributed by atoms with Gasteiger partial charge in [0.15, 0.2) is 0 Å². The maximum absolute atomic E-state index is 10.2. The van der Waals surface area contributed by atoms with Gasteiger partial charge in [-0.2, -0.15) is 0 Å². The second-order valence-electron chi connectivity index (χ2n) is 1.81. The number of hydrogen-bond donors (Lipinski definition) is 1. The van der Waals surface area contributed by atoms with Crippen LogP contribution in [0.15, 0.2) is 12.7 Å². The normalized spacial score (nSPS) is 7.10. The Balaban J connectivity index is 0. The fourth-order valence-electron chi connectivity index (χ4n) is 0.246. The minimum atomic E-state index is -0.109. The van der Waals surface area contributed by atoms with E-state index in [1.54, 1.807) is 0 Å². The van der Waals surface area contributed by atoms with Gasteiger partial charge in [-0.25, -0.2) is 0 Å². The van der Waals surface area contributed by atoms with Crippen LogP contribution in [0.25, 0.3) is 0 Å². The molecule has 0 aromatic heterocycles. The number of hydrogen-bond acceptors (Lipinski definition) is 1. The van der Waals surface area contributed by atoms with Gasteiger partial charge in [0.05, 0.1) is 0 Å². The third-order valence-corrected chi connectivity index (χ3v) is 0.536. The molecule has 2 nitrogen and oxygen atoms in total. The Morgan fingerprint density at radius 3 is 2.00 bits per heavy atom. The summed E-state index contributed by atoms with van der Waals surface area (Å²) >= 11 is 0. The molecular formula is C8H17NO. The minimum absolute atomic E-state index is 0.109. The van der Waals surface area contributed by atoms with Crippen molar-refractivity contribution in [1.29, 1.82) is 0 Å². The maximum Gasteiger partial charge on any atom is 0.243 e. The fourth-order valence-corrected chi connectivity index (χ4v) is 0.246. The summed E-state index contributed by atoms with van der Waals surface area (Å²) in [5.74, 6) is -0.109. The highest BCUT2D eigenvalue weighted by atomic mass is 16.1. The third-order valence-electron chi connectivity index (χ3n) is 0.536. The molecule has 0 spiro atoms. The molecule has 0 rings (SSSR count). The van der Waals surface area contributed by atoms with Crippen molar-refractivity contribution in [3.63, 3.8) is 0 Å². The largest absolute Gasteiger partial charge is 0.353 e. The summed E-state index contributed by atoms with van der Waals surface area (Å²) in [7, 11) is 0. The van der Waals surface area contributed by atoms with Gasteiger partial charge in [-0.05, 0) is 13.0 Å². The van der Waals surface area contributed by atoms with Crippen molar-refractivity contribution in [2.45, 2.75) is 27.2 Å². The molecule has 0 radical (unpaired) electrons. The maximum atomic E-state index is 10.2. The zero-order valence-electron chi connectivity index (χ0n) is 7.11. The van der Waals surface area contributed by atoms with Gasteiger partial charge in [-0.1, -0.05) is 26.8 Å². The van der Waals surface area contributed by atoms with E-state index in [1.165, 1.54) is 12.5 Å². The molecule has 0 aromatic rings. The van der Waals surface area contributed by atoms with Crippen LogP contribution in [-0.4, -0.2) is 12.5 Å². The van der Waals surface area contributed by atoms with E-state index in [0.717, 1.165) is 0 Å². The summed E-state index contributed by atoms with van der Waals surface area (Å²) in [4.78, 5) is 10.2. The second-order valence-corrected chi connectivity index (χ2v) is 1.81. The molecule has 0 atom stereocenters. The Hall–Kier alpha value is -0.790. The lowest BCUT2D eigenvalue weighted by molar-refractivity contribution is -0.116. The first-order chi connectivity index (χ1) is 4.72. The first-order valence-electron chi connectivity index (χ1n) is 3.63. The fraction of sp³-hybridized carbons (Fsp3) is 0.625. The number of nitrogens with one attached hydrogen (secondary N) is 1. The van der Waals surface area contributed by atoms with Crippen LogP contribution in [0.3, 0.4) is 0 Å². The number of rotatable bonds is 2. The predicted octanol–water partition coefficient (Wildman–Crippen LogP) is 1.72. The molecule has 0 saturated carbocycles. The third kappa shape index (κ3) is 15.7. The van der Waals surface area contributed by atoms with Crippen LogP contribution in [0.1, 0.15) is 27.2 Å². The summed E-state index contributed by atoms with van der Waals surface area (Å²) < 4.78 is 0. The van der Waals surface area contributed by atoms with Gasteiger partial charge in [0.1, 0.15) is 0 Å². The number of amides is 1. The lowest BCUT2D eigenvalue weighted by atomic mass is 10.6. The summed E-state index contributed by atoms with van der Waals surface area (Å²) in [6.45, 7) is 10.1. The Bertz CT molecular complexity index is 89.3. The number of carbonyl (C=O) groups excluding carboxylic acids is 1. The molecule has 0 fully saturated rings. The van der Waals surface area contributed by atoms with Crippen molar-refractivity contribution < 1.29 is 4.79 Å². The van der Waals surface area contributed by atoms with Crippen LogP contribution in [-0.2, 0) is 4.79 Å². The Morgan fingerprint density at radius 2 is 1.90 bits per heavy atom. The summed E-state index contributed by atoms with van der Waals surface area (Å²) in [6.07, 6.45) is 2.50. The number of carbonyl (C=O) groups is 1. The summed E-state index contributed by atoms with van der Waals surface area (Å²) in [6, 6.07) is 0. The van der Waals surface area contributed by atoms with E-state index in [0.29, 0.717) is 6.54 Å². The van der Waals surface area contributed by atoms with Crippen LogP contribution in [0, 0.1) is 0 Å². The summed E-state index contributed by atoms with van der Waals surface area (Å²) in [5.41, 5.74) is 0. The predicted molar refractivity (Wildman–Crippen MR) is 44.8 cm³/mol. The van der Waals surface area contributed by atoms with Crippen molar-refractivity contribution in [2.24, 2.45) is 0 Å². The van der Waals surface area contributed by atoms with E-state index in [9.17, 15) is 4.79 Å². The first kappa shape index (κ1) is 11.9. The van der Waals surface area contributed by atoms with Crippen LogP contribution >= 0.6 is 0 Å². The van der Waals surface area contributed by atoms with Crippen LogP contribution in [0.2, 0.25) is 0 Å². The highest BCUT2D eigenvalue weighted by Gasteiger charge is 1.83. The van der Waals surface area contributed by atoms with Gasteiger partial charge in [0.2, 0.25) is 5.91 Å². The van der Waals surface area contributed by atoms with Crippen LogP contribution in [0.4, 0.5) is 0 Å². The van der Waals surface area contributed by atoms with Crippen molar-refractivity contribution in [2.75, 3.05) is 6.54 Å². The monoisotopic (exact) mass is 143 g/mol. The highest BCUT2D eigenvalue weighted by molar-refractivity contribution is 5.86. The van der Waals surface area contributed by atoms with Gasteiger partial charge in [-0.3, -0.25) is 4.79 Å². The molecule has 0 aromatic carbocycles. The Labute approximate surface area is 63.3 Å². The SMILES string of the molecule is C=CC(=O)NCC.CCC. The molecule has 1 amide bonds. The smallest absolute Gasteiger partial charge is 0.243 e. The zero-order valence-corrected chi connectivity index (χ0v) is 7.11. The molecule has 0 aliphatic heterocycles.